The molecule has 0 unspecified atom stereocenters. The summed E-state index contributed by atoms with van der Waals surface area (Å²) < 4.78 is 32.8. The third-order valence-corrected chi connectivity index (χ3v) is 5.32. The molecule has 0 radical (unpaired) electrons. The van der Waals surface area contributed by atoms with E-state index in [2.05, 4.69) is 21.5 Å². The predicted octanol–water partition coefficient (Wildman–Crippen LogP) is 3.32. The van der Waals surface area contributed by atoms with Crippen LogP contribution in [-0.4, -0.2) is 13.4 Å². The van der Waals surface area contributed by atoms with Gasteiger partial charge in [0, 0.05) is 17.2 Å². The Morgan fingerprint density at radius 2 is 1.61 bits per heavy atom. The molecule has 0 aliphatic heterocycles. The highest BCUT2D eigenvalue weighted by Crippen LogP contribution is 2.20. The number of fused-ring (bicyclic) bond motifs is 1. The molecule has 138 valence electrons. The van der Waals surface area contributed by atoms with Crippen LogP contribution in [0.2, 0.25) is 0 Å². The number of rotatable bonds is 3. The Bertz CT molecular complexity index is 1370. The van der Waals surface area contributed by atoms with Gasteiger partial charge in [-0.15, -0.1) is 0 Å². The topological polar surface area (TPSA) is 92.2 Å². The van der Waals surface area contributed by atoms with Crippen LogP contribution in [0.15, 0.2) is 86.9 Å². The van der Waals surface area contributed by atoms with Crippen LogP contribution in [0, 0.1) is 11.8 Å². The molecule has 28 heavy (non-hydrogen) atoms. The maximum atomic E-state index is 12.7. The van der Waals surface area contributed by atoms with Gasteiger partial charge in [0.2, 0.25) is 0 Å². The van der Waals surface area contributed by atoms with Crippen molar-refractivity contribution in [1.29, 1.82) is 0 Å². The predicted molar refractivity (Wildman–Crippen MR) is 107 cm³/mol. The second-order valence-corrected chi connectivity index (χ2v) is 7.66. The van der Waals surface area contributed by atoms with Crippen LogP contribution in [0.25, 0.3) is 11.1 Å². The zero-order valence-electron chi connectivity index (χ0n) is 14.5. The third-order valence-electron chi connectivity index (χ3n) is 3.94. The van der Waals surface area contributed by atoms with Gasteiger partial charge in [-0.05, 0) is 42.5 Å². The molecule has 0 aliphatic rings. The molecule has 6 nitrogen and oxygen atoms in total. The summed E-state index contributed by atoms with van der Waals surface area (Å²) in [5, 5.41) is 0. The molecule has 0 amide bonds. The summed E-state index contributed by atoms with van der Waals surface area (Å²) >= 11 is 0. The van der Waals surface area contributed by atoms with E-state index in [-0.39, 0.29) is 10.5 Å². The lowest BCUT2D eigenvalue weighted by molar-refractivity contribution is 0.554. The number of aromatic amines is 1. The van der Waals surface area contributed by atoms with Crippen LogP contribution in [0.4, 0.5) is 5.69 Å². The number of benzene rings is 3. The van der Waals surface area contributed by atoms with Gasteiger partial charge in [0.1, 0.15) is 0 Å². The molecule has 0 fully saturated rings. The van der Waals surface area contributed by atoms with Gasteiger partial charge >= 0.3 is 5.76 Å². The number of aromatic nitrogens is 1. The SMILES string of the molecule is O=c1[nH]c2ccc(S(=O)(=O)Nc3cccc(C#Cc4ccccc4)c3)cc2o1. The van der Waals surface area contributed by atoms with Crippen molar-refractivity contribution in [2.75, 3.05) is 4.72 Å². The zero-order chi connectivity index (χ0) is 19.6. The number of sulfonamides is 1. The summed E-state index contributed by atoms with van der Waals surface area (Å²) in [6, 6.07) is 20.5. The van der Waals surface area contributed by atoms with Gasteiger partial charge in [0.25, 0.3) is 10.0 Å². The Morgan fingerprint density at radius 1 is 0.857 bits per heavy atom. The molecular formula is C21H14N2O4S. The molecule has 3 aromatic carbocycles. The van der Waals surface area contributed by atoms with E-state index in [1.807, 2.05) is 30.3 Å². The third kappa shape index (κ3) is 3.82. The lowest BCUT2D eigenvalue weighted by Crippen LogP contribution is -2.12. The smallest absolute Gasteiger partial charge is 0.408 e. The fourth-order valence-electron chi connectivity index (χ4n) is 2.63. The van der Waals surface area contributed by atoms with Crippen molar-refractivity contribution in [2.24, 2.45) is 0 Å². The first-order valence-corrected chi connectivity index (χ1v) is 9.81. The molecule has 0 aliphatic carbocycles. The van der Waals surface area contributed by atoms with Crippen LogP contribution in [0.3, 0.4) is 0 Å². The summed E-state index contributed by atoms with van der Waals surface area (Å²) in [5.74, 6) is 5.41. The lowest BCUT2D eigenvalue weighted by Gasteiger charge is -2.08. The zero-order valence-corrected chi connectivity index (χ0v) is 15.3. The first kappa shape index (κ1) is 17.6. The minimum atomic E-state index is -3.85. The van der Waals surface area contributed by atoms with E-state index in [1.54, 1.807) is 24.3 Å². The maximum Gasteiger partial charge on any atom is 0.417 e. The van der Waals surface area contributed by atoms with Gasteiger partial charge in [-0.25, -0.2) is 13.2 Å². The van der Waals surface area contributed by atoms with Crippen molar-refractivity contribution in [2.45, 2.75) is 4.90 Å². The fraction of sp³-hybridized carbons (Fsp3) is 0. The monoisotopic (exact) mass is 390 g/mol. The van der Waals surface area contributed by atoms with Crippen molar-refractivity contribution in [3.63, 3.8) is 0 Å². The van der Waals surface area contributed by atoms with E-state index in [9.17, 15) is 13.2 Å². The molecule has 0 atom stereocenters. The molecule has 1 heterocycles. The highest BCUT2D eigenvalue weighted by molar-refractivity contribution is 7.92. The Morgan fingerprint density at radius 3 is 2.43 bits per heavy atom. The number of anilines is 1. The first-order valence-electron chi connectivity index (χ1n) is 8.32. The van der Waals surface area contributed by atoms with Crippen molar-refractivity contribution < 1.29 is 12.8 Å². The van der Waals surface area contributed by atoms with Crippen molar-refractivity contribution >= 4 is 26.8 Å². The molecule has 1 aromatic heterocycles. The number of H-pyrrole nitrogens is 1. The number of nitrogens with one attached hydrogen (secondary N) is 2. The molecule has 7 heteroatoms. The highest BCUT2D eigenvalue weighted by Gasteiger charge is 2.16. The van der Waals surface area contributed by atoms with E-state index >= 15 is 0 Å². The van der Waals surface area contributed by atoms with Crippen LogP contribution in [0.5, 0.6) is 0 Å². The molecule has 4 rings (SSSR count). The van der Waals surface area contributed by atoms with E-state index < -0.39 is 15.8 Å². The summed E-state index contributed by atoms with van der Waals surface area (Å²) in [5.41, 5.74) is 2.54. The summed E-state index contributed by atoms with van der Waals surface area (Å²) in [7, 11) is -3.85. The van der Waals surface area contributed by atoms with Gasteiger partial charge in [-0.1, -0.05) is 36.1 Å². The van der Waals surface area contributed by atoms with Gasteiger partial charge < -0.3 is 4.42 Å². The van der Waals surface area contributed by atoms with Crippen LogP contribution in [-0.2, 0) is 10.0 Å². The minimum Gasteiger partial charge on any atom is -0.408 e. The van der Waals surface area contributed by atoms with E-state index in [1.165, 1.54) is 18.2 Å². The number of hydrogen-bond acceptors (Lipinski definition) is 4. The second-order valence-electron chi connectivity index (χ2n) is 5.97. The largest absolute Gasteiger partial charge is 0.417 e. The molecule has 0 saturated heterocycles. The molecule has 0 saturated carbocycles. The van der Waals surface area contributed by atoms with Gasteiger partial charge in [0.05, 0.1) is 16.1 Å². The Balaban J connectivity index is 1.61. The van der Waals surface area contributed by atoms with E-state index in [0.717, 1.165) is 5.56 Å². The first-order chi connectivity index (χ1) is 13.5. The maximum absolute atomic E-state index is 12.7. The molecular weight excluding hydrogens is 376 g/mol. The standard InChI is InChI=1S/C21H14N2O4S/c24-21-22-19-12-11-18(14-20(19)27-21)28(25,26)23-17-8-4-7-16(13-17)10-9-15-5-2-1-3-6-15/h1-8,11-14,23H,(H,22,24). The average Bonchev–Trinajstić information content (AvgIpc) is 3.06. The quantitative estimate of drug-likeness (QED) is 0.525. The fourth-order valence-corrected chi connectivity index (χ4v) is 3.70. The summed E-state index contributed by atoms with van der Waals surface area (Å²) in [4.78, 5) is 13.7. The second kappa shape index (κ2) is 7.10. The minimum absolute atomic E-state index is 0.0106. The Kier molecular flexibility index (Phi) is 4.47. The van der Waals surface area contributed by atoms with Crippen molar-refractivity contribution in [3.8, 4) is 11.8 Å². The number of hydrogen-bond donors (Lipinski definition) is 2. The Hall–Kier alpha value is -3.76. The summed E-state index contributed by atoms with van der Waals surface area (Å²) in [6.07, 6.45) is 0. The van der Waals surface area contributed by atoms with Crippen LogP contribution in [0.1, 0.15) is 11.1 Å². The van der Waals surface area contributed by atoms with Gasteiger partial charge in [-0.3, -0.25) is 9.71 Å². The average molecular weight is 390 g/mol. The molecule has 0 bridgehead atoms. The molecule has 4 aromatic rings. The van der Waals surface area contributed by atoms with Gasteiger partial charge in [0.15, 0.2) is 5.58 Å². The van der Waals surface area contributed by atoms with Crippen LogP contribution >= 0.6 is 0 Å². The van der Waals surface area contributed by atoms with Crippen molar-refractivity contribution in [3.05, 3.63) is 94.5 Å². The molecule has 0 spiro atoms. The van der Waals surface area contributed by atoms with E-state index in [4.69, 9.17) is 4.42 Å². The highest BCUT2D eigenvalue weighted by atomic mass is 32.2. The molecule has 2 N–H and O–H groups in total. The van der Waals surface area contributed by atoms with E-state index in [0.29, 0.717) is 16.8 Å². The number of oxazole rings is 1. The Labute approximate surface area is 160 Å². The summed E-state index contributed by atoms with van der Waals surface area (Å²) in [6.45, 7) is 0. The lowest BCUT2D eigenvalue weighted by atomic mass is 10.2. The normalized spacial score (nSPS) is 11.0. The van der Waals surface area contributed by atoms with Crippen molar-refractivity contribution in [1.82, 2.24) is 4.98 Å². The van der Waals surface area contributed by atoms with Gasteiger partial charge in [-0.2, -0.15) is 0 Å². The van der Waals surface area contributed by atoms with Crippen LogP contribution < -0.4 is 10.5 Å².